The number of amides is 1. The number of aliphatic hydroxyl groups is 1. The van der Waals surface area contributed by atoms with Gasteiger partial charge in [0.2, 0.25) is 5.91 Å². The van der Waals surface area contributed by atoms with Crippen LogP contribution in [0, 0.1) is 0 Å². The van der Waals surface area contributed by atoms with Crippen molar-refractivity contribution in [3.8, 4) is 11.1 Å². The SMILES string of the molecule is CCCN(CCCO)C(=O)C1=Cc2ccc(-c3ccc(/C=C/C(=O)OCC)cc3)cc2N=C(N)C1. The van der Waals surface area contributed by atoms with Gasteiger partial charge in [-0.1, -0.05) is 43.3 Å². The summed E-state index contributed by atoms with van der Waals surface area (Å²) in [5, 5.41) is 9.18. The van der Waals surface area contributed by atoms with E-state index in [-0.39, 0.29) is 24.9 Å². The van der Waals surface area contributed by atoms with E-state index in [0.29, 0.717) is 43.2 Å². The number of hydrogen-bond acceptors (Lipinski definition) is 6. The third-order valence-corrected chi connectivity index (χ3v) is 5.58. The lowest BCUT2D eigenvalue weighted by Gasteiger charge is -2.23. The quantitative estimate of drug-likeness (QED) is 0.393. The van der Waals surface area contributed by atoms with Crippen LogP contribution in [-0.4, -0.2) is 54.0 Å². The van der Waals surface area contributed by atoms with Gasteiger partial charge < -0.3 is 20.5 Å². The number of hydrogen-bond donors (Lipinski definition) is 2. The van der Waals surface area contributed by atoms with Gasteiger partial charge in [0.1, 0.15) is 5.84 Å². The Morgan fingerprint density at radius 1 is 1.11 bits per heavy atom. The molecule has 1 amide bonds. The summed E-state index contributed by atoms with van der Waals surface area (Å²) < 4.78 is 4.91. The van der Waals surface area contributed by atoms with Crippen molar-refractivity contribution in [3.05, 3.63) is 65.2 Å². The molecule has 2 aromatic carbocycles. The summed E-state index contributed by atoms with van der Waals surface area (Å²) in [6.45, 7) is 5.33. The van der Waals surface area contributed by atoms with Gasteiger partial charge in [0, 0.05) is 43.3 Å². The fourth-order valence-corrected chi connectivity index (χ4v) is 3.90. The average Bonchev–Trinajstić information content (AvgIpc) is 3.02. The van der Waals surface area contributed by atoms with Crippen LogP contribution >= 0.6 is 0 Å². The van der Waals surface area contributed by atoms with Crippen LogP contribution in [0.15, 0.2) is 59.1 Å². The second-order valence-electron chi connectivity index (χ2n) is 8.30. The van der Waals surface area contributed by atoms with Crippen LogP contribution in [-0.2, 0) is 14.3 Å². The molecular weight excluding hydrogens is 442 g/mol. The molecule has 2 aromatic rings. The lowest BCUT2D eigenvalue weighted by molar-refractivity contribution is -0.137. The van der Waals surface area contributed by atoms with E-state index in [1.165, 1.54) is 6.08 Å². The Hall–Kier alpha value is -3.71. The maximum Gasteiger partial charge on any atom is 0.330 e. The van der Waals surface area contributed by atoms with Gasteiger partial charge in [-0.05, 0) is 54.7 Å². The van der Waals surface area contributed by atoms with Gasteiger partial charge in [-0.3, -0.25) is 4.79 Å². The van der Waals surface area contributed by atoms with Gasteiger partial charge in [0.25, 0.3) is 0 Å². The molecule has 1 aliphatic heterocycles. The molecule has 0 fully saturated rings. The van der Waals surface area contributed by atoms with Gasteiger partial charge in [0.05, 0.1) is 12.3 Å². The molecule has 1 aliphatic rings. The molecular formula is C28H33N3O4. The van der Waals surface area contributed by atoms with Gasteiger partial charge >= 0.3 is 5.97 Å². The van der Waals surface area contributed by atoms with Crippen molar-refractivity contribution in [2.75, 3.05) is 26.3 Å². The van der Waals surface area contributed by atoms with E-state index in [0.717, 1.165) is 28.7 Å². The molecule has 0 unspecified atom stereocenters. The summed E-state index contributed by atoms with van der Waals surface area (Å²) >= 11 is 0. The van der Waals surface area contributed by atoms with Crippen molar-refractivity contribution in [2.24, 2.45) is 10.7 Å². The summed E-state index contributed by atoms with van der Waals surface area (Å²) in [5.41, 5.74) is 11.2. The first-order valence-electron chi connectivity index (χ1n) is 12.0. The van der Waals surface area contributed by atoms with Crippen molar-refractivity contribution >= 4 is 35.6 Å². The van der Waals surface area contributed by atoms with E-state index in [9.17, 15) is 14.7 Å². The number of nitrogens with two attached hydrogens (primary N) is 1. The average molecular weight is 476 g/mol. The summed E-state index contributed by atoms with van der Waals surface area (Å²) in [4.78, 5) is 31.0. The van der Waals surface area contributed by atoms with Crippen LogP contribution in [0.4, 0.5) is 5.69 Å². The highest BCUT2D eigenvalue weighted by molar-refractivity contribution is 6.05. The number of nitrogens with zero attached hydrogens (tertiary/aromatic N) is 2. The minimum atomic E-state index is -0.366. The first-order valence-corrected chi connectivity index (χ1v) is 12.0. The molecule has 0 spiro atoms. The van der Waals surface area contributed by atoms with Crippen LogP contribution < -0.4 is 5.73 Å². The fraction of sp³-hybridized carbons (Fsp3) is 0.321. The first kappa shape index (κ1) is 25.9. The molecule has 0 bridgehead atoms. The Bertz CT molecular complexity index is 1130. The normalized spacial score (nSPS) is 13.0. The summed E-state index contributed by atoms with van der Waals surface area (Å²) in [6.07, 6.45) is 6.66. The third-order valence-electron chi connectivity index (χ3n) is 5.58. The van der Waals surface area contributed by atoms with Crippen molar-refractivity contribution in [1.82, 2.24) is 4.90 Å². The number of aliphatic imine (C=N–C) groups is 1. The van der Waals surface area contributed by atoms with E-state index >= 15 is 0 Å². The van der Waals surface area contributed by atoms with Crippen LogP contribution in [0.5, 0.6) is 0 Å². The number of carbonyl (C=O) groups excluding carboxylic acids is 2. The zero-order chi connectivity index (χ0) is 25.2. The highest BCUT2D eigenvalue weighted by Crippen LogP contribution is 2.32. The Kier molecular flexibility index (Phi) is 9.38. The van der Waals surface area contributed by atoms with E-state index in [2.05, 4.69) is 4.99 Å². The zero-order valence-corrected chi connectivity index (χ0v) is 20.4. The summed E-state index contributed by atoms with van der Waals surface area (Å²) in [7, 11) is 0. The fourth-order valence-electron chi connectivity index (χ4n) is 3.90. The molecule has 0 aliphatic carbocycles. The number of rotatable bonds is 10. The van der Waals surface area contributed by atoms with Gasteiger partial charge in [-0.25, -0.2) is 9.79 Å². The number of ether oxygens (including phenoxy) is 1. The number of amidine groups is 1. The molecule has 184 valence electrons. The van der Waals surface area contributed by atoms with Crippen LogP contribution in [0.2, 0.25) is 0 Å². The molecule has 1 heterocycles. The standard InChI is InChI=1S/C28H33N3O4/c1-3-14-31(15-5-16-32)28(34)24-17-23-12-11-22(18-25(23)30-26(29)19-24)21-9-6-20(7-10-21)8-13-27(33)35-4-2/h6-13,17-18,32H,3-5,14-16,19H2,1-2H3,(H2,29,30)/b13-8+. The lowest BCUT2D eigenvalue weighted by atomic mass is 10.00. The molecule has 0 saturated carbocycles. The number of esters is 1. The lowest BCUT2D eigenvalue weighted by Crippen LogP contribution is -2.35. The van der Waals surface area contributed by atoms with E-state index < -0.39 is 0 Å². The van der Waals surface area contributed by atoms with Crippen LogP contribution in [0.25, 0.3) is 23.3 Å². The minimum absolute atomic E-state index is 0.0460. The van der Waals surface area contributed by atoms with Crippen molar-refractivity contribution in [2.45, 2.75) is 33.1 Å². The molecule has 0 atom stereocenters. The summed E-state index contributed by atoms with van der Waals surface area (Å²) in [5.74, 6) is -0.0460. The Balaban J connectivity index is 1.84. The zero-order valence-electron chi connectivity index (χ0n) is 20.4. The third kappa shape index (κ3) is 7.13. The molecule has 7 heteroatoms. The van der Waals surface area contributed by atoms with Crippen molar-refractivity contribution in [3.63, 3.8) is 0 Å². The number of benzene rings is 2. The molecule has 3 rings (SSSR count). The molecule has 0 radical (unpaired) electrons. The Morgan fingerprint density at radius 3 is 2.54 bits per heavy atom. The van der Waals surface area contributed by atoms with Crippen LogP contribution in [0.3, 0.4) is 0 Å². The molecule has 7 nitrogen and oxygen atoms in total. The maximum atomic E-state index is 13.2. The molecule has 0 saturated heterocycles. The molecule has 35 heavy (non-hydrogen) atoms. The van der Waals surface area contributed by atoms with Gasteiger partial charge in [0.15, 0.2) is 0 Å². The van der Waals surface area contributed by atoms with E-state index in [1.54, 1.807) is 17.9 Å². The predicted octanol–water partition coefficient (Wildman–Crippen LogP) is 4.33. The highest BCUT2D eigenvalue weighted by Gasteiger charge is 2.21. The van der Waals surface area contributed by atoms with Gasteiger partial charge in [-0.2, -0.15) is 0 Å². The van der Waals surface area contributed by atoms with Crippen molar-refractivity contribution in [1.29, 1.82) is 0 Å². The van der Waals surface area contributed by atoms with Crippen LogP contribution in [0.1, 0.15) is 44.2 Å². The number of aliphatic hydroxyl groups excluding tert-OH is 1. The van der Waals surface area contributed by atoms with Gasteiger partial charge in [-0.15, -0.1) is 0 Å². The predicted molar refractivity (Wildman–Crippen MR) is 140 cm³/mol. The monoisotopic (exact) mass is 475 g/mol. The Morgan fingerprint density at radius 2 is 1.86 bits per heavy atom. The van der Waals surface area contributed by atoms with Crippen molar-refractivity contribution < 1.29 is 19.4 Å². The highest BCUT2D eigenvalue weighted by atomic mass is 16.5. The minimum Gasteiger partial charge on any atom is -0.463 e. The largest absolute Gasteiger partial charge is 0.463 e. The molecule has 0 aromatic heterocycles. The topological polar surface area (TPSA) is 105 Å². The van der Waals surface area contributed by atoms with E-state index in [4.69, 9.17) is 10.5 Å². The Labute approximate surface area is 206 Å². The van der Waals surface area contributed by atoms with E-state index in [1.807, 2.05) is 55.5 Å². The first-order chi connectivity index (χ1) is 16.9. The smallest absolute Gasteiger partial charge is 0.330 e. The maximum absolute atomic E-state index is 13.2. The second-order valence-corrected chi connectivity index (χ2v) is 8.30. The summed E-state index contributed by atoms with van der Waals surface area (Å²) in [6, 6.07) is 13.7. The number of fused-ring (bicyclic) bond motifs is 1. The second kappa shape index (κ2) is 12.7. The number of carbonyl (C=O) groups is 2. The molecule has 3 N–H and O–H groups in total.